The highest BCUT2D eigenvalue weighted by Crippen LogP contribution is 2.33. The van der Waals surface area contributed by atoms with Gasteiger partial charge in [-0.3, -0.25) is 0 Å². The van der Waals surface area contributed by atoms with E-state index < -0.39 is 5.60 Å². The van der Waals surface area contributed by atoms with E-state index in [2.05, 4.69) is 27.8 Å². The molecule has 1 aromatic rings. The van der Waals surface area contributed by atoms with Gasteiger partial charge in [0, 0.05) is 10.0 Å². The van der Waals surface area contributed by atoms with Crippen molar-refractivity contribution in [3.63, 3.8) is 0 Å². The van der Waals surface area contributed by atoms with Crippen molar-refractivity contribution in [2.75, 3.05) is 0 Å². The van der Waals surface area contributed by atoms with E-state index in [1.54, 1.807) is 0 Å². The molecule has 1 unspecified atom stereocenters. The van der Waals surface area contributed by atoms with Gasteiger partial charge in [0.25, 0.3) is 0 Å². The average Bonchev–Trinajstić information content (AvgIpc) is 2.59. The molecule has 0 spiro atoms. The highest BCUT2D eigenvalue weighted by molar-refractivity contribution is 9.11. The zero-order valence-corrected chi connectivity index (χ0v) is 9.79. The van der Waals surface area contributed by atoms with E-state index in [0.717, 1.165) is 16.5 Å². The Hall–Kier alpha value is -1.04. The lowest BCUT2D eigenvalue weighted by Crippen LogP contribution is -2.22. The van der Waals surface area contributed by atoms with E-state index in [9.17, 15) is 5.11 Å². The summed E-state index contributed by atoms with van der Waals surface area (Å²) in [4.78, 5) is 0. The van der Waals surface area contributed by atoms with Crippen LogP contribution in [0.15, 0.2) is 40.9 Å². The van der Waals surface area contributed by atoms with Crippen LogP contribution in [0.3, 0.4) is 0 Å². The second-order valence-corrected chi connectivity index (χ2v) is 4.42. The fourth-order valence-electron chi connectivity index (χ4n) is 1.52. The number of benzene rings is 1. The van der Waals surface area contributed by atoms with Crippen LogP contribution in [0.5, 0.6) is 0 Å². The summed E-state index contributed by atoms with van der Waals surface area (Å²) in [5, 5.41) is 10.1. The monoisotopic (exact) mass is 262 g/mol. The van der Waals surface area contributed by atoms with E-state index >= 15 is 0 Å². The third-order valence-corrected chi connectivity index (χ3v) is 3.39. The first-order valence-corrected chi connectivity index (χ1v) is 5.67. The molecule has 0 radical (unpaired) electrons. The molecule has 2 heteroatoms. The second-order valence-electron chi connectivity index (χ2n) is 3.57. The molecule has 1 atom stereocenters. The largest absolute Gasteiger partial charge is 0.373 e. The van der Waals surface area contributed by atoms with E-state index in [1.807, 2.05) is 36.4 Å². The molecule has 0 amide bonds. The maximum absolute atomic E-state index is 10.1. The van der Waals surface area contributed by atoms with Crippen LogP contribution in [0.2, 0.25) is 0 Å². The molecule has 0 bridgehead atoms. The highest BCUT2D eigenvalue weighted by Gasteiger charge is 2.31. The summed E-state index contributed by atoms with van der Waals surface area (Å²) >= 11 is 3.34. The van der Waals surface area contributed by atoms with Crippen molar-refractivity contribution in [3.8, 4) is 11.8 Å². The molecule has 1 aliphatic carbocycles. The van der Waals surface area contributed by atoms with Crippen LogP contribution < -0.4 is 0 Å². The van der Waals surface area contributed by atoms with Crippen LogP contribution in [-0.2, 0) is 0 Å². The lowest BCUT2D eigenvalue weighted by atomic mass is 10.0. The van der Waals surface area contributed by atoms with Crippen molar-refractivity contribution in [1.82, 2.24) is 0 Å². The number of allylic oxidation sites excluding steroid dienone is 1. The van der Waals surface area contributed by atoms with Gasteiger partial charge in [0.05, 0.1) is 0 Å². The second kappa shape index (κ2) is 4.22. The van der Waals surface area contributed by atoms with Gasteiger partial charge in [-0.25, -0.2) is 0 Å². The van der Waals surface area contributed by atoms with Crippen LogP contribution in [0, 0.1) is 11.8 Å². The quantitative estimate of drug-likeness (QED) is 0.713. The predicted octanol–water partition coefficient (Wildman–Crippen LogP) is 2.84. The maximum Gasteiger partial charge on any atom is 0.157 e. The molecule has 1 aromatic carbocycles. The van der Waals surface area contributed by atoms with E-state index in [4.69, 9.17) is 0 Å². The number of aliphatic hydroxyl groups is 1. The van der Waals surface area contributed by atoms with Gasteiger partial charge in [-0.2, -0.15) is 0 Å². The smallest absolute Gasteiger partial charge is 0.157 e. The van der Waals surface area contributed by atoms with Crippen molar-refractivity contribution in [1.29, 1.82) is 0 Å². The fourth-order valence-corrected chi connectivity index (χ4v) is 2.04. The van der Waals surface area contributed by atoms with Gasteiger partial charge in [0.1, 0.15) is 0 Å². The zero-order valence-electron chi connectivity index (χ0n) is 8.20. The fraction of sp³-hybridized carbons (Fsp3) is 0.231. The molecule has 0 fully saturated rings. The van der Waals surface area contributed by atoms with Crippen molar-refractivity contribution in [3.05, 3.63) is 46.5 Å². The van der Waals surface area contributed by atoms with Crippen LogP contribution >= 0.6 is 15.9 Å². The Morgan fingerprint density at radius 3 is 2.60 bits per heavy atom. The Kier molecular flexibility index (Phi) is 2.95. The summed E-state index contributed by atoms with van der Waals surface area (Å²) in [6, 6.07) is 9.69. The zero-order chi connectivity index (χ0) is 10.7. The van der Waals surface area contributed by atoms with E-state index in [-0.39, 0.29) is 0 Å². The molecule has 2 rings (SSSR count). The summed E-state index contributed by atoms with van der Waals surface area (Å²) in [5.41, 5.74) is -0.0475. The third-order valence-electron chi connectivity index (χ3n) is 2.41. The molecular formula is C13H11BrO. The molecule has 15 heavy (non-hydrogen) atoms. The summed E-state index contributed by atoms with van der Waals surface area (Å²) in [6.07, 6.45) is 3.52. The SMILES string of the molecule is OC1(C#Cc2ccccc2)CCC=C1Br. The van der Waals surface area contributed by atoms with Gasteiger partial charge in [-0.05, 0) is 25.0 Å². The van der Waals surface area contributed by atoms with Gasteiger partial charge >= 0.3 is 0 Å². The highest BCUT2D eigenvalue weighted by atomic mass is 79.9. The molecule has 76 valence electrons. The molecule has 0 aromatic heterocycles. The van der Waals surface area contributed by atoms with Crippen LogP contribution in [0.25, 0.3) is 0 Å². The van der Waals surface area contributed by atoms with Crippen molar-refractivity contribution in [2.45, 2.75) is 18.4 Å². The molecule has 0 aliphatic heterocycles. The Bertz CT molecular complexity index is 439. The van der Waals surface area contributed by atoms with E-state index in [1.165, 1.54) is 0 Å². The molecular weight excluding hydrogens is 252 g/mol. The molecule has 0 saturated carbocycles. The first kappa shape index (κ1) is 10.5. The first-order valence-electron chi connectivity index (χ1n) is 4.87. The number of halogens is 1. The van der Waals surface area contributed by atoms with Crippen LogP contribution in [-0.4, -0.2) is 10.7 Å². The van der Waals surface area contributed by atoms with Gasteiger partial charge in [-0.1, -0.05) is 52.0 Å². The number of hydrogen-bond donors (Lipinski definition) is 1. The molecule has 0 saturated heterocycles. The average molecular weight is 263 g/mol. The van der Waals surface area contributed by atoms with Gasteiger partial charge in [0.15, 0.2) is 5.60 Å². The lowest BCUT2D eigenvalue weighted by molar-refractivity contribution is 0.150. The molecule has 0 heterocycles. The molecule has 1 aliphatic rings. The molecule has 1 nitrogen and oxygen atoms in total. The van der Waals surface area contributed by atoms with Crippen molar-refractivity contribution < 1.29 is 5.11 Å². The normalized spacial score (nSPS) is 24.3. The summed E-state index contributed by atoms with van der Waals surface area (Å²) in [5.74, 6) is 5.90. The Labute approximate surface area is 98.0 Å². The number of rotatable bonds is 0. The predicted molar refractivity (Wildman–Crippen MR) is 64.5 cm³/mol. The van der Waals surface area contributed by atoms with Crippen LogP contribution in [0.1, 0.15) is 18.4 Å². The minimum absolute atomic E-state index is 0.674. The number of hydrogen-bond acceptors (Lipinski definition) is 1. The summed E-state index contributed by atoms with van der Waals surface area (Å²) in [7, 11) is 0. The summed E-state index contributed by atoms with van der Waals surface area (Å²) in [6.45, 7) is 0. The molecule has 1 N–H and O–H groups in total. The Balaban J connectivity index is 2.23. The maximum atomic E-state index is 10.1. The van der Waals surface area contributed by atoms with Crippen molar-refractivity contribution in [2.24, 2.45) is 0 Å². The van der Waals surface area contributed by atoms with E-state index in [0.29, 0.717) is 6.42 Å². The minimum atomic E-state index is -0.976. The summed E-state index contributed by atoms with van der Waals surface area (Å²) < 4.78 is 0.790. The van der Waals surface area contributed by atoms with Crippen LogP contribution in [0.4, 0.5) is 0 Å². The standard InChI is InChI=1S/C13H11BrO/c14-12-7-4-9-13(12,15)10-8-11-5-2-1-3-6-11/h1-3,5-7,15H,4,9H2. The first-order chi connectivity index (χ1) is 7.21. The van der Waals surface area contributed by atoms with Gasteiger partial charge in [-0.15, -0.1) is 0 Å². The van der Waals surface area contributed by atoms with Gasteiger partial charge < -0.3 is 5.11 Å². The minimum Gasteiger partial charge on any atom is -0.373 e. The Morgan fingerprint density at radius 2 is 2.00 bits per heavy atom. The topological polar surface area (TPSA) is 20.2 Å². The van der Waals surface area contributed by atoms with Gasteiger partial charge in [0.2, 0.25) is 0 Å². The lowest BCUT2D eigenvalue weighted by Gasteiger charge is -2.15. The Morgan fingerprint density at radius 1 is 1.27 bits per heavy atom. The van der Waals surface area contributed by atoms with Crippen molar-refractivity contribution >= 4 is 15.9 Å². The third kappa shape index (κ3) is 2.31.